The third kappa shape index (κ3) is 1.23. The zero-order valence-electron chi connectivity index (χ0n) is 9.72. The number of aromatic nitrogens is 2. The van der Waals surface area contributed by atoms with Crippen molar-refractivity contribution in [1.82, 2.24) is 15.3 Å². The Balaban J connectivity index is 2.30. The molecule has 1 amide bonds. The molecule has 0 spiro atoms. The molecule has 1 aromatic rings. The van der Waals surface area contributed by atoms with E-state index in [0.717, 1.165) is 5.56 Å². The Labute approximate surface area is 98.5 Å². The maximum Gasteiger partial charge on any atom is 0.237 e. The molecule has 6 nitrogen and oxygen atoms in total. The molecule has 3 heterocycles. The van der Waals surface area contributed by atoms with Gasteiger partial charge < -0.3 is 16.0 Å². The normalized spacial score (nSPS) is 25.5. The topological polar surface area (TPSA) is 78.9 Å². The predicted molar refractivity (Wildman–Crippen MR) is 63.5 cm³/mol. The van der Waals surface area contributed by atoms with E-state index in [1.807, 2.05) is 6.92 Å². The van der Waals surface area contributed by atoms with Gasteiger partial charge in [-0.3, -0.25) is 4.79 Å². The summed E-state index contributed by atoms with van der Waals surface area (Å²) < 4.78 is 0. The van der Waals surface area contributed by atoms with Gasteiger partial charge >= 0.3 is 0 Å². The van der Waals surface area contributed by atoms with Crippen LogP contribution in [0.4, 0.5) is 11.6 Å². The fraction of sp³-hybridized carbons (Fsp3) is 0.364. The summed E-state index contributed by atoms with van der Waals surface area (Å²) in [6.45, 7) is 7.99. The summed E-state index contributed by atoms with van der Waals surface area (Å²) in [4.78, 5) is 20.7. The van der Waals surface area contributed by atoms with Crippen LogP contribution in [0, 0.1) is 6.92 Å². The van der Waals surface area contributed by atoms with Crippen LogP contribution < -0.4 is 16.0 Å². The van der Waals surface area contributed by atoms with Gasteiger partial charge in [0.1, 0.15) is 17.5 Å². The number of nitrogens with one attached hydrogen (secondary N) is 3. The van der Waals surface area contributed by atoms with Gasteiger partial charge in [-0.05, 0) is 13.8 Å². The SMILES string of the molecule is C=C1NCC2(C)C(=O)Nc3nc(C)nc(c32)N1. The van der Waals surface area contributed by atoms with E-state index in [-0.39, 0.29) is 5.91 Å². The highest BCUT2D eigenvalue weighted by atomic mass is 16.2. The molecule has 2 aliphatic rings. The Bertz CT molecular complexity index is 553. The quantitative estimate of drug-likeness (QED) is 0.605. The van der Waals surface area contributed by atoms with Gasteiger partial charge in [-0.1, -0.05) is 6.58 Å². The fourth-order valence-corrected chi connectivity index (χ4v) is 2.27. The van der Waals surface area contributed by atoms with E-state index < -0.39 is 5.41 Å². The van der Waals surface area contributed by atoms with Gasteiger partial charge in [-0.15, -0.1) is 0 Å². The lowest BCUT2D eigenvalue weighted by Gasteiger charge is -2.20. The minimum atomic E-state index is -0.648. The van der Waals surface area contributed by atoms with E-state index in [2.05, 4.69) is 32.5 Å². The standard InChI is InChI=1S/C11H13N5O/c1-5-12-4-11(3)7-8(13-5)14-6(2)15-9(7)16-10(11)17/h12H,1,4H2,2-3H3,(H2,13,14,15,16,17). The smallest absolute Gasteiger partial charge is 0.237 e. The van der Waals surface area contributed by atoms with Crippen LogP contribution in [0.15, 0.2) is 12.4 Å². The molecule has 88 valence electrons. The molecule has 3 rings (SSSR count). The van der Waals surface area contributed by atoms with Gasteiger partial charge in [-0.2, -0.15) is 0 Å². The Morgan fingerprint density at radius 2 is 1.94 bits per heavy atom. The van der Waals surface area contributed by atoms with Crippen molar-refractivity contribution in [1.29, 1.82) is 0 Å². The molecule has 1 unspecified atom stereocenters. The van der Waals surface area contributed by atoms with E-state index in [4.69, 9.17) is 0 Å². The number of hydrogen-bond acceptors (Lipinski definition) is 5. The van der Waals surface area contributed by atoms with Crippen LogP contribution in [-0.4, -0.2) is 22.4 Å². The summed E-state index contributed by atoms with van der Waals surface area (Å²) in [6.07, 6.45) is 0. The summed E-state index contributed by atoms with van der Waals surface area (Å²) in [5.74, 6) is 2.46. The van der Waals surface area contributed by atoms with Crippen molar-refractivity contribution < 1.29 is 4.79 Å². The lowest BCUT2D eigenvalue weighted by molar-refractivity contribution is -0.120. The second-order valence-corrected chi connectivity index (χ2v) is 4.59. The molecule has 0 aromatic carbocycles. The molecule has 0 radical (unpaired) electrons. The number of amides is 1. The molecule has 0 saturated carbocycles. The first-order chi connectivity index (χ1) is 8.00. The Morgan fingerprint density at radius 3 is 2.65 bits per heavy atom. The fourth-order valence-electron chi connectivity index (χ4n) is 2.27. The summed E-state index contributed by atoms with van der Waals surface area (Å²) in [7, 11) is 0. The maximum absolute atomic E-state index is 12.1. The number of carbonyl (C=O) groups excluding carboxylic acids is 1. The molecule has 0 aliphatic carbocycles. The third-order valence-electron chi connectivity index (χ3n) is 3.23. The van der Waals surface area contributed by atoms with Gasteiger partial charge in [0.15, 0.2) is 0 Å². The van der Waals surface area contributed by atoms with Gasteiger partial charge in [0, 0.05) is 6.54 Å². The summed E-state index contributed by atoms with van der Waals surface area (Å²) in [6, 6.07) is 0. The Kier molecular flexibility index (Phi) is 1.76. The summed E-state index contributed by atoms with van der Waals surface area (Å²) in [5, 5.41) is 8.96. The van der Waals surface area contributed by atoms with Gasteiger partial charge in [0.2, 0.25) is 5.91 Å². The van der Waals surface area contributed by atoms with Crippen molar-refractivity contribution in [2.24, 2.45) is 0 Å². The predicted octanol–water partition coefficient (Wildman–Crippen LogP) is 0.481. The summed E-state index contributed by atoms with van der Waals surface area (Å²) >= 11 is 0. The zero-order chi connectivity index (χ0) is 12.2. The lowest BCUT2D eigenvalue weighted by Crippen LogP contribution is -2.39. The average molecular weight is 231 g/mol. The molecule has 0 saturated heterocycles. The molecule has 0 bridgehead atoms. The molecule has 2 aliphatic heterocycles. The van der Waals surface area contributed by atoms with Crippen LogP contribution in [0.2, 0.25) is 0 Å². The number of hydrogen-bond donors (Lipinski definition) is 3. The number of nitrogens with zero attached hydrogens (tertiary/aromatic N) is 2. The van der Waals surface area contributed by atoms with Crippen LogP contribution in [0.5, 0.6) is 0 Å². The van der Waals surface area contributed by atoms with Crippen LogP contribution in [0.25, 0.3) is 0 Å². The van der Waals surface area contributed by atoms with Crippen molar-refractivity contribution in [3.63, 3.8) is 0 Å². The Morgan fingerprint density at radius 1 is 1.29 bits per heavy atom. The van der Waals surface area contributed by atoms with E-state index in [9.17, 15) is 4.79 Å². The Hall–Kier alpha value is -2.11. The van der Waals surface area contributed by atoms with Crippen LogP contribution in [0.3, 0.4) is 0 Å². The van der Waals surface area contributed by atoms with Crippen molar-refractivity contribution in [3.05, 3.63) is 23.8 Å². The first kappa shape index (κ1) is 10.1. The molecule has 1 aromatic heterocycles. The van der Waals surface area contributed by atoms with Crippen LogP contribution in [-0.2, 0) is 10.2 Å². The van der Waals surface area contributed by atoms with Crippen LogP contribution in [0.1, 0.15) is 18.3 Å². The van der Waals surface area contributed by atoms with Crippen molar-refractivity contribution in [2.45, 2.75) is 19.3 Å². The number of carbonyl (C=O) groups is 1. The monoisotopic (exact) mass is 231 g/mol. The zero-order valence-corrected chi connectivity index (χ0v) is 9.72. The van der Waals surface area contributed by atoms with Crippen LogP contribution >= 0.6 is 0 Å². The lowest BCUT2D eigenvalue weighted by atomic mass is 9.85. The molecular weight excluding hydrogens is 218 g/mol. The maximum atomic E-state index is 12.1. The van der Waals surface area contributed by atoms with Gasteiger partial charge in [-0.25, -0.2) is 9.97 Å². The second-order valence-electron chi connectivity index (χ2n) is 4.59. The van der Waals surface area contributed by atoms with Gasteiger partial charge in [0.25, 0.3) is 0 Å². The van der Waals surface area contributed by atoms with E-state index in [1.165, 1.54) is 0 Å². The molecule has 6 heteroatoms. The number of aryl methyl sites for hydroxylation is 1. The molecule has 1 atom stereocenters. The average Bonchev–Trinajstić information content (AvgIpc) is 2.39. The molecule has 3 N–H and O–H groups in total. The minimum absolute atomic E-state index is 0.0577. The second kappa shape index (κ2) is 2.97. The van der Waals surface area contributed by atoms with Crippen molar-refractivity contribution in [3.8, 4) is 0 Å². The molecule has 0 fully saturated rings. The van der Waals surface area contributed by atoms with Crippen molar-refractivity contribution in [2.75, 3.05) is 17.2 Å². The largest absolute Gasteiger partial charge is 0.371 e. The highest BCUT2D eigenvalue weighted by Gasteiger charge is 2.47. The highest BCUT2D eigenvalue weighted by molar-refractivity contribution is 6.07. The highest BCUT2D eigenvalue weighted by Crippen LogP contribution is 2.41. The van der Waals surface area contributed by atoms with Gasteiger partial charge in [0.05, 0.1) is 16.8 Å². The van der Waals surface area contributed by atoms with Crippen molar-refractivity contribution >= 4 is 17.5 Å². The van der Waals surface area contributed by atoms with E-state index >= 15 is 0 Å². The summed E-state index contributed by atoms with van der Waals surface area (Å²) in [5.41, 5.74) is 0.171. The van der Waals surface area contributed by atoms with E-state index in [0.29, 0.717) is 29.8 Å². The van der Waals surface area contributed by atoms with E-state index in [1.54, 1.807) is 6.92 Å². The molecular formula is C11H13N5O. The first-order valence-corrected chi connectivity index (χ1v) is 5.41. The number of rotatable bonds is 0. The first-order valence-electron chi connectivity index (χ1n) is 5.41. The third-order valence-corrected chi connectivity index (χ3v) is 3.23. The molecule has 17 heavy (non-hydrogen) atoms. The number of anilines is 2. The minimum Gasteiger partial charge on any atom is -0.371 e.